The molecule has 3 aromatic rings. The van der Waals surface area contributed by atoms with Gasteiger partial charge in [-0.15, -0.1) is 10.2 Å². The topological polar surface area (TPSA) is 56.2 Å². The van der Waals surface area contributed by atoms with E-state index >= 15 is 0 Å². The van der Waals surface area contributed by atoms with Gasteiger partial charge < -0.3 is 4.42 Å². The number of benzene rings is 1. The van der Waals surface area contributed by atoms with Gasteiger partial charge >= 0.3 is 0 Å². The first-order valence-corrected chi connectivity index (χ1v) is 5.56. The third-order valence-electron chi connectivity index (χ3n) is 2.48. The largest absolute Gasteiger partial charge is 0.455 e. The van der Waals surface area contributed by atoms with Crippen molar-refractivity contribution < 1.29 is 8.81 Å². The Kier molecular flexibility index (Phi) is 2.89. The molecule has 2 heterocycles. The SMILES string of the molecule is Fc1ccc(-c2ccc(/C=N\n3cnnc3)o2)cc1. The lowest BCUT2D eigenvalue weighted by molar-refractivity contribution is 0.573. The van der Waals surface area contributed by atoms with Crippen molar-refractivity contribution in [2.45, 2.75) is 0 Å². The normalized spacial score (nSPS) is 11.2. The molecule has 0 aliphatic rings. The van der Waals surface area contributed by atoms with Crippen molar-refractivity contribution >= 4 is 6.21 Å². The van der Waals surface area contributed by atoms with Gasteiger partial charge in [-0.2, -0.15) is 5.10 Å². The lowest BCUT2D eigenvalue weighted by atomic mass is 10.2. The highest BCUT2D eigenvalue weighted by molar-refractivity contribution is 5.77. The molecule has 19 heavy (non-hydrogen) atoms. The molecule has 0 amide bonds. The highest BCUT2D eigenvalue weighted by Gasteiger charge is 2.03. The van der Waals surface area contributed by atoms with E-state index in [9.17, 15) is 4.39 Å². The van der Waals surface area contributed by atoms with Crippen molar-refractivity contribution in [3.63, 3.8) is 0 Å². The van der Waals surface area contributed by atoms with Crippen molar-refractivity contribution in [1.29, 1.82) is 0 Å². The van der Waals surface area contributed by atoms with Crippen molar-refractivity contribution in [2.24, 2.45) is 5.10 Å². The van der Waals surface area contributed by atoms with Gasteiger partial charge in [0.15, 0.2) is 0 Å². The second-order valence-corrected chi connectivity index (χ2v) is 3.80. The van der Waals surface area contributed by atoms with Crippen LogP contribution in [-0.2, 0) is 0 Å². The first kappa shape index (κ1) is 11.3. The van der Waals surface area contributed by atoms with E-state index in [1.54, 1.807) is 30.5 Å². The highest BCUT2D eigenvalue weighted by atomic mass is 19.1. The van der Waals surface area contributed by atoms with E-state index in [0.717, 1.165) is 5.56 Å². The lowest BCUT2D eigenvalue weighted by Gasteiger charge is -1.95. The van der Waals surface area contributed by atoms with Crippen molar-refractivity contribution in [2.75, 3.05) is 0 Å². The zero-order valence-corrected chi connectivity index (χ0v) is 9.77. The Labute approximate surface area is 108 Å². The molecule has 1 aromatic carbocycles. The van der Waals surface area contributed by atoms with Crippen LogP contribution < -0.4 is 0 Å². The molecule has 0 unspecified atom stereocenters. The summed E-state index contributed by atoms with van der Waals surface area (Å²) in [5, 5.41) is 11.3. The molecule has 2 aromatic heterocycles. The average molecular weight is 256 g/mol. The van der Waals surface area contributed by atoms with Crippen molar-refractivity contribution in [3.8, 4) is 11.3 Å². The zero-order chi connectivity index (χ0) is 13.1. The Hall–Kier alpha value is -2.76. The van der Waals surface area contributed by atoms with Crippen LogP contribution in [0.25, 0.3) is 11.3 Å². The third-order valence-corrected chi connectivity index (χ3v) is 2.48. The van der Waals surface area contributed by atoms with Crippen molar-refractivity contribution in [3.05, 3.63) is 60.6 Å². The Bertz CT molecular complexity index is 686. The molecule has 0 saturated heterocycles. The van der Waals surface area contributed by atoms with Gasteiger partial charge in [-0.3, -0.25) is 0 Å². The number of rotatable bonds is 3. The molecule has 0 aliphatic heterocycles. The number of furan rings is 1. The second-order valence-electron chi connectivity index (χ2n) is 3.80. The maximum absolute atomic E-state index is 12.8. The highest BCUT2D eigenvalue weighted by Crippen LogP contribution is 2.21. The van der Waals surface area contributed by atoms with Gasteiger partial charge in [-0.25, -0.2) is 9.07 Å². The Morgan fingerprint density at radius 1 is 1.05 bits per heavy atom. The van der Waals surface area contributed by atoms with E-state index < -0.39 is 0 Å². The predicted molar refractivity (Wildman–Crippen MR) is 67.1 cm³/mol. The average Bonchev–Trinajstić information content (AvgIpc) is 3.09. The minimum Gasteiger partial charge on any atom is -0.455 e. The third kappa shape index (κ3) is 2.57. The van der Waals surface area contributed by atoms with Gasteiger partial charge in [-0.1, -0.05) is 0 Å². The number of halogens is 1. The van der Waals surface area contributed by atoms with Crippen LogP contribution in [0, 0.1) is 5.82 Å². The summed E-state index contributed by atoms with van der Waals surface area (Å²) in [7, 11) is 0. The zero-order valence-electron chi connectivity index (χ0n) is 9.77. The standard InChI is InChI=1S/C13H9FN4O/c14-11-3-1-10(2-4-11)13-6-5-12(19-13)7-17-18-8-15-16-9-18/h1-9H/b17-7-. The summed E-state index contributed by atoms with van der Waals surface area (Å²) < 4.78 is 19.9. The molecular weight excluding hydrogens is 247 g/mol. The molecule has 0 spiro atoms. The second kappa shape index (κ2) is 4.85. The summed E-state index contributed by atoms with van der Waals surface area (Å²) >= 11 is 0. The van der Waals surface area contributed by atoms with Crippen LogP contribution in [0.3, 0.4) is 0 Å². The molecule has 0 radical (unpaired) electrons. The Morgan fingerprint density at radius 3 is 2.53 bits per heavy atom. The maximum atomic E-state index is 12.8. The van der Waals surface area contributed by atoms with Crippen LogP contribution in [0.5, 0.6) is 0 Å². The van der Waals surface area contributed by atoms with Crippen LogP contribution >= 0.6 is 0 Å². The van der Waals surface area contributed by atoms with Gasteiger partial charge in [0.05, 0.1) is 6.21 Å². The molecule has 0 aliphatic carbocycles. The van der Waals surface area contributed by atoms with E-state index in [0.29, 0.717) is 11.5 Å². The van der Waals surface area contributed by atoms with Crippen LogP contribution in [0.2, 0.25) is 0 Å². The smallest absolute Gasteiger partial charge is 0.147 e. The number of aromatic nitrogens is 3. The summed E-state index contributed by atoms with van der Waals surface area (Å²) in [6.07, 6.45) is 4.50. The maximum Gasteiger partial charge on any atom is 0.147 e. The molecule has 0 N–H and O–H groups in total. The fourth-order valence-electron chi connectivity index (χ4n) is 1.57. The summed E-state index contributed by atoms with van der Waals surface area (Å²) in [6, 6.07) is 9.70. The Morgan fingerprint density at radius 2 is 1.79 bits per heavy atom. The molecule has 3 rings (SSSR count). The first-order chi connectivity index (χ1) is 9.31. The quantitative estimate of drug-likeness (QED) is 0.677. The Balaban J connectivity index is 1.81. The van der Waals surface area contributed by atoms with E-state index in [-0.39, 0.29) is 5.82 Å². The van der Waals surface area contributed by atoms with Gasteiger partial charge in [0.1, 0.15) is 30.0 Å². The molecule has 6 heteroatoms. The predicted octanol–water partition coefficient (Wildman–Crippen LogP) is 2.56. The fourth-order valence-corrected chi connectivity index (χ4v) is 1.57. The van der Waals surface area contributed by atoms with Gasteiger partial charge in [0.25, 0.3) is 0 Å². The number of hydrogen-bond donors (Lipinski definition) is 0. The first-order valence-electron chi connectivity index (χ1n) is 5.56. The van der Waals surface area contributed by atoms with Crippen LogP contribution in [0.1, 0.15) is 5.76 Å². The molecule has 0 saturated carbocycles. The number of hydrogen-bond acceptors (Lipinski definition) is 4. The van der Waals surface area contributed by atoms with Gasteiger partial charge in [-0.05, 0) is 36.4 Å². The summed E-state index contributed by atoms with van der Waals surface area (Å²) in [6.45, 7) is 0. The van der Waals surface area contributed by atoms with Gasteiger partial charge in [0, 0.05) is 5.56 Å². The monoisotopic (exact) mass is 256 g/mol. The van der Waals surface area contributed by atoms with E-state index in [4.69, 9.17) is 4.42 Å². The number of nitrogens with zero attached hydrogens (tertiary/aromatic N) is 4. The minimum absolute atomic E-state index is 0.273. The molecule has 5 nitrogen and oxygen atoms in total. The molecule has 94 valence electrons. The summed E-state index contributed by atoms with van der Waals surface area (Å²) in [4.78, 5) is 0. The van der Waals surface area contributed by atoms with E-state index in [1.165, 1.54) is 29.5 Å². The lowest BCUT2D eigenvalue weighted by Crippen LogP contribution is -1.84. The van der Waals surface area contributed by atoms with E-state index in [1.807, 2.05) is 0 Å². The molecule has 0 atom stereocenters. The molecular formula is C13H9FN4O. The van der Waals surface area contributed by atoms with Crippen molar-refractivity contribution in [1.82, 2.24) is 14.9 Å². The summed E-state index contributed by atoms with van der Waals surface area (Å²) in [5.41, 5.74) is 0.811. The minimum atomic E-state index is -0.273. The van der Waals surface area contributed by atoms with Crippen LogP contribution in [0.4, 0.5) is 4.39 Å². The fraction of sp³-hybridized carbons (Fsp3) is 0. The van der Waals surface area contributed by atoms with Gasteiger partial charge in [0.2, 0.25) is 0 Å². The summed E-state index contributed by atoms with van der Waals surface area (Å²) in [5.74, 6) is 0.975. The van der Waals surface area contributed by atoms with Crippen LogP contribution in [-0.4, -0.2) is 21.1 Å². The van der Waals surface area contributed by atoms with Crippen LogP contribution in [0.15, 0.2) is 58.6 Å². The van der Waals surface area contributed by atoms with E-state index in [2.05, 4.69) is 15.3 Å². The molecule has 0 bridgehead atoms. The molecule has 0 fully saturated rings.